The highest BCUT2D eigenvalue weighted by Crippen LogP contribution is 2.32. The summed E-state index contributed by atoms with van der Waals surface area (Å²) in [5.74, 6) is -1.23. The average molecular weight is 502 g/mol. The van der Waals surface area contributed by atoms with E-state index in [-0.39, 0.29) is 29.6 Å². The maximum absolute atomic E-state index is 15.2. The minimum Gasteiger partial charge on any atom is -0.393 e. The Morgan fingerprint density at radius 2 is 2.20 bits per heavy atom. The fourth-order valence-corrected chi connectivity index (χ4v) is 5.28. The van der Waals surface area contributed by atoms with Crippen molar-refractivity contribution in [3.05, 3.63) is 58.4 Å². The molecule has 9 heteroatoms. The molecule has 0 radical (unpaired) electrons. The molecular formula is C26H33ClFN5O2. The second-order valence-corrected chi connectivity index (χ2v) is 9.94. The summed E-state index contributed by atoms with van der Waals surface area (Å²) in [6.07, 6.45) is 7.66. The number of nitrogens with zero attached hydrogens (tertiary/aromatic N) is 2. The SMILES string of the molecule is CNC[C@@H](NC(=O)C1=CCC(C2N=C(C3CCCC(O)C3)C=NC2N)C=C1F)c1cccc(Cl)c1. The number of aliphatic hydroxyl groups excluding tert-OH is 1. The number of amides is 1. The molecule has 0 saturated heterocycles. The van der Waals surface area contributed by atoms with E-state index in [2.05, 4.69) is 15.6 Å². The number of nitrogens with one attached hydrogen (secondary N) is 2. The summed E-state index contributed by atoms with van der Waals surface area (Å²) >= 11 is 6.11. The number of benzene rings is 1. The van der Waals surface area contributed by atoms with Gasteiger partial charge in [-0.15, -0.1) is 0 Å². The van der Waals surface area contributed by atoms with E-state index in [4.69, 9.17) is 22.3 Å². The maximum atomic E-state index is 15.2. The fraction of sp³-hybridized carbons (Fsp3) is 0.500. The third kappa shape index (κ3) is 6.25. The zero-order valence-electron chi connectivity index (χ0n) is 19.8. The second-order valence-electron chi connectivity index (χ2n) is 9.50. The third-order valence-electron chi connectivity index (χ3n) is 6.95. The van der Waals surface area contributed by atoms with Gasteiger partial charge in [-0.25, -0.2) is 4.39 Å². The van der Waals surface area contributed by atoms with E-state index in [0.717, 1.165) is 30.5 Å². The topological polar surface area (TPSA) is 112 Å². The molecule has 188 valence electrons. The molecule has 1 saturated carbocycles. The molecule has 35 heavy (non-hydrogen) atoms. The minimum atomic E-state index is -0.584. The first-order chi connectivity index (χ1) is 16.9. The largest absolute Gasteiger partial charge is 0.393 e. The van der Waals surface area contributed by atoms with Gasteiger partial charge < -0.3 is 21.5 Å². The molecular weight excluding hydrogens is 469 g/mol. The summed E-state index contributed by atoms with van der Waals surface area (Å²) in [5.41, 5.74) is 7.89. The standard InChI is InChI=1S/C26H33ClFN5O2/c1-30-13-22(15-4-2-6-18(27)10-15)33-26(35)20-9-8-17(12-21(20)28)24-25(29)31-14-23(32-24)16-5-3-7-19(34)11-16/h2,4,6,9-10,12,14,16-17,19,22,24-25,30,34H,3,5,7-8,11,13,29H2,1H3,(H,33,35)/t16?,17?,19?,22-,24?,25?/m1/s1. The smallest absolute Gasteiger partial charge is 0.254 e. The van der Waals surface area contributed by atoms with Crippen LogP contribution in [-0.2, 0) is 4.79 Å². The number of carbonyl (C=O) groups is 1. The van der Waals surface area contributed by atoms with Crippen LogP contribution >= 0.6 is 11.6 Å². The molecule has 1 heterocycles. The second kappa shape index (κ2) is 11.6. The van der Waals surface area contributed by atoms with Crippen LogP contribution in [0.4, 0.5) is 4.39 Å². The van der Waals surface area contributed by atoms with Crippen molar-refractivity contribution < 1.29 is 14.3 Å². The number of rotatable bonds is 7. The lowest BCUT2D eigenvalue weighted by Crippen LogP contribution is -2.43. The first-order valence-corrected chi connectivity index (χ1v) is 12.6. The molecule has 7 nitrogen and oxygen atoms in total. The van der Waals surface area contributed by atoms with Crippen molar-refractivity contribution >= 4 is 29.4 Å². The van der Waals surface area contributed by atoms with Gasteiger partial charge in [-0.1, -0.05) is 36.2 Å². The molecule has 1 fully saturated rings. The lowest BCUT2D eigenvalue weighted by Gasteiger charge is -2.32. The van der Waals surface area contributed by atoms with Crippen molar-refractivity contribution in [2.75, 3.05) is 13.6 Å². The lowest BCUT2D eigenvalue weighted by atomic mass is 9.82. The monoisotopic (exact) mass is 501 g/mol. The highest BCUT2D eigenvalue weighted by molar-refractivity contribution is 6.32. The fourth-order valence-electron chi connectivity index (χ4n) is 5.08. The Labute approximate surface area is 210 Å². The minimum absolute atomic E-state index is 0.0110. The Morgan fingerprint density at radius 1 is 1.37 bits per heavy atom. The van der Waals surface area contributed by atoms with Crippen molar-refractivity contribution in [2.24, 2.45) is 27.6 Å². The highest BCUT2D eigenvalue weighted by Gasteiger charge is 2.34. The lowest BCUT2D eigenvalue weighted by molar-refractivity contribution is -0.118. The summed E-state index contributed by atoms with van der Waals surface area (Å²) in [7, 11) is 1.79. The van der Waals surface area contributed by atoms with E-state index >= 15 is 4.39 Å². The van der Waals surface area contributed by atoms with Gasteiger partial charge in [0, 0.05) is 29.6 Å². The van der Waals surface area contributed by atoms with Gasteiger partial charge in [-0.2, -0.15) is 0 Å². The van der Waals surface area contributed by atoms with Gasteiger partial charge in [-0.05, 0) is 56.5 Å². The van der Waals surface area contributed by atoms with Crippen LogP contribution in [0.5, 0.6) is 0 Å². The molecule has 0 spiro atoms. The number of aliphatic imine (C=N–C) groups is 2. The zero-order chi connectivity index (χ0) is 24.9. The molecule has 4 rings (SSSR count). The molecule has 2 aliphatic carbocycles. The van der Waals surface area contributed by atoms with Crippen LogP contribution in [-0.4, -0.2) is 54.8 Å². The summed E-state index contributed by atoms with van der Waals surface area (Å²) < 4.78 is 15.2. The van der Waals surface area contributed by atoms with Crippen molar-refractivity contribution in [3.63, 3.8) is 0 Å². The predicted molar refractivity (Wildman–Crippen MR) is 137 cm³/mol. The normalized spacial score (nSPS) is 29.6. The Hall–Kier alpha value is -2.39. The molecule has 1 aromatic carbocycles. The van der Waals surface area contributed by atoms with Gasteiger partial charge in [-0.3, -0.25) is 14.8 Å². The summed E-state index contributed by atoms with van der Waals surface area (Å²) in [6, 6.07) is 6.46. The summed E-state index contributed by atoms with van der Waals surface area (Å²) in [6.45, 7) is 0.468. The van der Waals surface area contributed by atoms with Gasteiger partial charge in [0.25, 0.3) is 5.91 Å². The number of carbonyl (C=O) groups excluding carboxylic acids is 1. The van der Waals surface area contributed by atoms with E-state index in [9.17, 15) is 9.90 Å². The summed E-state index contributed by atoms with van der Waals surface area (Å²) in [5, 5.41) is 16.6. The Morgan fingerprint density at radius 3 is 2.91 bits per heavy atom. The van der Waals surface area contributed by atoms with Gasteiger partial charge >= 0.3 is 0 Å². The van der Waals surface area contributed by atoms with Crippen molar-refractivity contribution in [1.82, 2.24) is 10.6 Å². The van der Waals surface area contributed by atoms with Crippen molar-refractivity contribution in [3.8, 4) is 0 Å². The number of hydrogen-bond acceptors (Lipinski definition) is 6. The quantitative estimate of drug-likeness (QED) is 0.459. The molecule has 1 aliphatic heterocycles. The third-order valence-corrected chi connectivity index (χ3v) is 7.19. The van der Waals surface area contributed by atoms with Crippen molar-refractivity contribution in [1.29, 1.82) is 0 Å². The number of likely N-dealkylation sites (N-methyl/N-ethyl adjacent to an activating group) is 1. The summed E-state index contributed by atoms with van der Waals surface area (Å²) in [4.78, 5) is 22.2. The van der Waals surface area contributed by atoms with E-state index in [1.54, 1.807) is 31.5 Å². The van der Waals surface area contributed by atoms with E-state index < -0.39 is 23.9 Å². The average Bonchev–Trinajstić information content (AvgIpc) is 2.84. The Balaban J connectivity index is 1.45. The van der Waals surface area contributed by atoms with Crippen LogP contribution in [0, 0.1) is 11.8 Å². The van der Waals surface area contributed by atoms with E-state index in [1.807, 2.05) is 12.1 Å². The number of nitrogens with two attached hydrogens (primary N) is 1. The first-order valence-electron chi connectivity index (χ1n) is 12.2. The number of aliphatic hydroxyl groups is 1. The van der Waals surface area contributed by atoms with Gasteiger partial charge in [0.1, 0.15) is 12.0 Å². The zero-order valence-corrected chi connectivity index (χ0v) is 20.6. The molecule has 1 amide bonds. The molecule has 0 aromatic heterocycles. The molecule has 5 N–H and O–H groups in total. The maximum Gasteiger partial charge on any atom is 0.254 e. The van der Waals surface area contributed by atoms with Gasteiger partial charge in [0.2, 0.25) is 0 Å². The number of hydrogen-bond donors (Lipinski definition) is 4. The predicted octanol–water partition coefficient (Wildman–Crippen LogP) is 3.25. The first kappa shape index (κ1) is 25.7. The van der Waals surface area contributed by atoms with Crippen LogP contribution < -0.4 is 16.4 Å². The molecule has 1 aromatic rings. The van der Waals surface area contributed by atoms with Crippen LogP contribution in [0.1, 0.15) is 43.7 Å². The van der Waals surface area contributed by atoms with Gasteiger partial charge in [0.05, 0.1) is 29.5 Å². The molecule has 3 aliphatic rings. The number of halogens is 2. The van der Waals surface area contributed by atoms with Crippen LogP contribution in [0.3, 0.4) is 0 Å². The van der Waals surface area contributed by atoms with Crippen molar-refractivity contribution in [2.45, 2.75) is 56.5 Å². The number of allylic oxidation sites excluding steroid dienone is 1. The molecule has 5 unspecified atom stereocenters. The van der Waals surface area contributed by atoms with E-state index in [0.29, 0.717) is 24.4 Å². The van der Waals surface area contributed by atoms with Crippen LogP contribution in [0.2, 0.25) is 5.02 Å². The Kier molecular flexibility index (Phi) is 8.49. The molecule has 6 atom stereocenters. The molecule has 0 bridgehead atoms. The Bertz CT molecular complexity index is 1060. The highest BCUT2D eigenvalue weighted by atomic mass is 35.5. The van der Waals surface area contributed by atoms with Crippen LogP contribution in [0.25, 0.3) is 0 Å². The van der Waals surface area contributed by atoms with E-state index in [1.165, 1.54) is 6.08 Å². The van der Waals surface area contributed by atoms with Gasteiger partial charge in [0.15, 0.2) is 0 Å². The van der Waals surface area contributed by atoms with Crippen LogP contribution in [0.15, 0.2) is 57.8 Å².